The summed E-state index contributed by atoms with van der Waals surface area (Å²) < 4.78 is 0. The third-order valence-corrected chi connectivity index (χ3v) is 3.24. The molecule has 1 amide bonds. The summed E-state index contributed by atoms with van der Waals surface area (Å²) >= 11 is 0. The highest BCUT2D eigenvalue weighted by molar-refractivity contribution is 5.95. The van der Waals surface area contributed by atoms with Crippen molar-refractivity contribution in [2.45, 2.75) is 20.3 Å². The van der Waals surface area contributed by atoms with E-state index < -0.39 is 11.9 Å². The summed E-state index contributed by atoms with van der Waals surface area (Å²) in [4.78, 5) is 25.2. The van der Waals surface area contributed by atoms with Crippen LogP contribution in [0.5, 0.6) is 0 Å². The van der Waals surface area contributed by atoms with Gasteiger partial charge in [0.25, 0.3) is 5.91 Å². The SMILES string of the molecule is CC(C)CC(CNC(=O)c1cccc(N(C)C)c1)C(=O)O. The maximum Gasteiger partial charge on any atom is 0.308 e. The Morgan fingerprint density at radius 2 is 1.95 bits per heavy atom. The number of carboxylic acids is 1. The Labute approximate surface area is 126 Å². The molecular weight excluding hydrogens is 268 g/mol. The molecule has 2 N–H and O–H groups in total. The van der Waals surface area contributed by atoms with Crippen molar-refractivity contribution in [3.05, 3.63) is 29.8 Å². The Balaban J connectivity index is 2.68. The highest BCUT2D eigenvalue weighted by atomic mass is 16.4. The quantitative estimate of drug-likeness (QED) is 0.808. The highest BCUT2D eigenvalue weighted by Gasteiger charge is 2.20. The number of amides is 1. The molecule has 1 aromatic carbocycles. The molecule has 0 spiro atoms. The van der Waals surface area contributed by atoms with Gasteiger partial charge in [-0.15, -0.1) is 0 Å². The molecule has 1 aromatic rings. The molecule has 1 unspecified atom stereocenters. The largest absolute Gasteiger partial charge is 0.481 e. The van der Waals surface area contributed by atoms with Crippen LogP contribution < -0.4 is 10.2 Å². The van der Waals surface area contributed by atoms with Crippen molar-refractivity contribution in [2.75, 3.05) is 25.5 Å². The fourth-order valence-corrected chi connectivity index (χ4v) is 2.08. The standard InChI is InChI=1S/C16H24N2O3/c1-11(2)8-13(16(20)21)10-17-15(19)12-6-5-7-14(9-12)18(3)4/h5-7,9,11,13H,8,10H2,1-4H3,(H,17,19)(H,20,21). The van der Waals surface area contributed by atoms with E-state index >= 15 is 0 Å². The van der Waals surface area contributed by atoms with Gasteiger partial charge in [-0.2, -0.15) is 0 Å². The van der Waals surface area contributed by atoms with E-state index in [-0.39, 0.29) is 18.4 Å². The number of aliphatic carboxylic acids is 1. The Morgan fingerprint density at radius 1 is 1.29 bits per heavy atom. The minimum absolute atomic E-state index is 0.151. The van der Waals surface area contributed by atoms with Crippen molar-refractivity contribution >= 4 is 17.6 Å². The second-order valence-electron chi connectivity index (χ2n) is 5.82. The zero-order valence-corrected chi connectivity index (χ0v) is 13.1. The van der Waals surface area contributed by atoms with Crippen LogP contribution in [0.3, 0.4) is 0 Å². The molecule has 0 aliphatic carbocycles. The number of anilines is 1. The van der Waals surface area contributed by atoms with Crippen LogP contribution in [-0.2, 0) is 4.79 Å². The van der Waals surface area contributed by atoms with E-state index in [1.165, 1.54) is 0 Å². The number of hydrogen-bond acceptors (Lipinski definition) is 3. The van der Waals surface area contributed by atoms with Gasteiger partial charge in [-0.05, 0) is 30.5 Å². The molecule has 0 saturated heterocycles. The van der Waals surface area contributed by atoms with Crippen LogP contribution in [0.15, 0.2) is 24.3 Å². The van der Waals surface area contributed by atoms with Gasteiger partial charge in [-0.1, -0.05) is 19.9 Å². The van der Waals surface area contributed by atoms with E-state index in [0.29, 0.717) is 12.0 Å². The lowest BCUT2D eigenvalue weighted by atomic mass is 9.97. The molecule has 0 aliphatic rings. The number of nitrogens with one attached hydrogen (secondary N) is 1. The monoisotopic (exact) mass is 292 g/mol. The lowest BCUT2D eigenvalue weighted by Gasteiger charge is -2.16. The summed E-state index contributed by atoms with van der Waals surface area (Å²) in [6.45, 7) is 4.09. The third-order valence-electron chi connectivity index (χ3n) is 3.24. The molecule has 1 atom stereocenters. The Kier molecular flexibility index (Phi) is 6.21. The maximum atomic E-state index is 12.1. The van der Waals surface area contributed by atoms with Crippen molar-refractivity contribution in [2.24, 2.45) is 11.8 Å². The molecule has 0 heterocycles. The smallest absolute Gasteiger partial charge is 0.308 e. The van der Waals surface area contributed by atoms with E-state index in [0.717, 1.165) is 5.69 Å². The number of carboxylic acid groups (broad SMARTS) is 1. The fourth-order valence-electron chi connectivity index (χ4n) is 2.08. The molecular formula is C16H24N2O3. The molecule has 0 aromatic heterocycles. The first-order valence-corrected chi connectivity index (χ1v) is 7.09. The van der Waals surface area contributed by atoms with Crippen molar-refractivity contribution in [3.63, 3.8) is 0 Å². The first-order valence-electron chi connectivity index (χ1n) is 7.09. The molecule has 5 nitrogen and oxygen atoms in total. The number of rotatable bonds is 7. The van der Waals surface area contributed by atoms with Crippen LogP contribution >= 0.6 is 0 Å². The number of hydrogen-bond donors (Lipinski definition) is 2. The van der Waals surface area contributed by atoms with Crippen LogP contribution in [0.4, 0.5) is 5.69 Å². The third kappa shape index (κ3) is 5.45. The molecule has 0 saturated carbocycles. The number of benzene rings is 1. The Morgan fingerprint density at radius 3 is 2.48 bits per heavy atom. The summed E-state index contributed by atoms with van der Waals surface area (Å²) in [7, 11) is 3.81. The fraction of sp³-hybridized carbons (Fsp3) is 0.500. The highest BCUT2D eigenvalue weighted by Crippen LogP contribution is 2.14. The maximum absolute atomic E-state index is 12.1. The van der Waals surface area contributed by atoms with E-state index in [9.17, 15) is 9.59 Å². The number of carbonyl (C=O) groups excluding carboxylic acids is 1. The molecule has 116 valence electrons. The van der Waals surface area contributed by atoms with Gasteiger partial charge >= 0.3 is 5.97 Å². The minimum Gasteiger partial charge on any atom is -0.481 e. The van der Waals surface area contributed by atoms with Gasteiger partial charge in [0, 0.05) is 31.9 Å². The molecule has 0 radical (unpaired) electrons. The Bertz CT molecular complexity index is 498. The minimum atomic E-state index is -0.869. The van der Waals surface area contributed by atoms with Gasteiger partial charge in [0.15, 0.2) is 0 Å². The van der Waals surface area contributed by atoms with Crippen LogP contribution in [0.2, 0.25) is 0 Å². The van der Waals surface area contributed by atoms with Crippen LogP contribution in [0.1, 0.15) is 30.6 Å². The normalized spacial score (nSPS) is 12.0. The number of nitrogens with zero attached hydrogens (tertiary/aromatic N) is 1. The summed E-state index contributed by atoms with van der Waals surface area (Å²) in [6, 6.07) is 7.23. The molecule has 0 fully saturated rings. The second-order valence-corrected chi connectivity index (χ2v) is 5.82. The molecule has 0 bridgehead atoms. The van der Waals surface area contributed by atoms with Gasteiger partial charge in [0.2, 0.25) is 0 Å². The van der Waals surface area contributed by atoms with E-state index in [1.807, 2.05) is 45.0 Å². The first-order chi connectivity index (χ1) is 9.81. The molecule has 5 heteroatoms. The lowest BCUT2D eigenvalue weighted by Crippen LogP contribution is -2.33. The van der Waals surface area contributed by atoms with Gasteiger partial charge in [-0.3, -0.25) is 9.59 Å². The zero-order chi connectivity index (χ0) is 16.0. The molecule has 21 heavy (non-hydrogen) atoms. The predicted octanol–water partition coefficient (Wildman–Crippen LogP) is 2.23. The first kappa shape index (κ1) is 17.0. The Hall–Kier alpha value is -2.04. The topological polar surface area (TPSA) is 69.6 Å². The van der Waals surface area contributed by atoms with Crippen LogP contribution in [0.25, 0.3) is 0 Å². The average Bonchev–Trinajstić information content (AvgIpc) is 2.42. The van der Waals surface area contributed by atoms with Crippen molar-refractivity contribution in [1.82, 2.24) is 5.32 Å². The molecule has 0 aliphatic heterocycles. The summed E-state index contributed by atoms with van der Waals surface area (Å²) in [5.74, 6) is -1.38. The summed E-state index contributed by atoms with van der Waals surface area (Å²) in [6.07, 6.45) is 0.549. The van der Waals surface area contributed by atoms with Gasteiger partial charge in [0.1, 0.15) is 0 Å². The summed E-state index contributed by atoms with van der Waals surface area (Å²) in [5.41, 5.74) is 1.47. The zero-order valence-electron chi connectivity index (χ0n) is 13.1. The van der Waals surface area contributed by atoms with Gasteiger partial charge in [-0.25, -0.2) is 0 Å². The van der Waals surface area contributed by atoms with E-state index in [4.69, 9.17) is 5.11 Å². The average molecular weight is 292 g/mol. The second kappa shape index (κ2) is 7.67. The summed E-state index contributed by atoms with van der Waals surface area (Å²) in [5, 5.41) is 11.9. The van der Waals surface area contributed by atoms with Gasteiger partial charge < -0.3 is 15.3 Å². The van der Waals surface area contributed by atoms with E-state index in [1.54, 1.807) is 12.1 Å². The van der Waals surface area contributed by atoms with Crippen molar-refractivity contribution < 1.29 is 14.7 Å². The molecule has 1 rings (SSSR count). The predicted molar refractivity (Wildman–Crippen MR) is 83.7 cm³/mol. The number of carbonyl (C=O) groups is 2. The van der Waals surface area contributed by atoms with Crippen molar-refractivity contribution in [1.29, 1.82) is 0 Å². The lowest BCUT2D eigenvalue weighted by molar-refractivity contribution is -0.142. The van der Waals surface area contributed by atoms with Crippen LogP contribution in [0, 0.1) is 11.8 Å². The van der Waals surface area contributed by atoms with E-state index in [2.05, 4.69) is 5.32 Å². The van der Waals surface area contributed by atoms with Crippen LogP contribution in [-0.4, -0.2) is 37.6 Å². The van der Waals surface area contributed by atoms with Crippen molar-refractivity contribution in [3.8, 4) is 0 Å². The van der Waals surface area contributed by atoms with Gasteiger partial charge in [0.05, 0.1) is 5.92 Å².